The van der Waals surface area contributed by atoms with Crippen LogP contribution in [0.4, 0.5) is 0 Å². The first-order valence-electron chi connectivity index (χ1n) is 12.2. The number of aliphatic carboxylic acids is 1. The number of nitrogens with zero attached hydrogens (tertiary/aromatic N) is 3. The molecule has 4 atom stereocenters. The fraction of sp³-hybridized carbons (Fsp3) is 0.357. The normalized spacial score (nSPS) is 18.0. The van der Waals surface area contributed by atoms with Crippen LogP contribution in [0.2, 0.25) is 0 Å². The quantitative estimate of drug-likeness (QED) is 0.539. The van der Waals surface area contributed by atoms with Gasteiger partial charge in [-0.25, -0.2) is 14.8 Å². The number of carboxylic acids is 1. The number of aliphatic hydroxyl groups excluding tert-OH is 1. The molecule has 2 N–H and O–H groups in total. The van der Waals surface area contributed by atoms with Gasteiger partial charge in [-0.2, -0.15) is 0 Å². The van der Waals surface area contributed by atoms with Gasteiger partial charge in [0.2, 0.25) is 11.8 Å². The zero-order valence-electron chi connectivity index (χ0n) is 21.4. The Bertz CT molecular complexity index is 1170. The van der Waals surface area contributed by atoms with Crippen LogP contribution in [0.5, 0.6) is 0 Å². The van der Waals surface area contributed by atoms with Crippen LogP contribution >= 0.6 is 0 Å². The molecule has 1 aliphatic rings. The number of rotatable bonds is 9. The molecule has 37 heavy (non-hydrogen) atoms. The van der Waals surface area contributed by atoms with E-state index in [1.807, 2.05) is 13.8 Å². The van der Waals surface area contributed by atoms with E-state index < -0.39 is 36.0 Å². The highest BCUT2D eigenvalue weighted by atomic mass is 16.4. The minimum atomic E-state index is -1.98. The Kier molecular flexibility index (Phi) is 8.83. The van der Waals surface area contributed by atoms with Crippen molar-refractivity contribution in [2.75, 3.05) is 0 Å². The van der Waals surface area contributed by atoms with E-state index in [4.69, 9.17) is 0 Å². The number of carbonyl (C=O) groups is 4. The highest BCUT2D eigenvalue weighted by Gasteiger charge is 2.47. The van der Waals surface area contributed by atoms with Crippen LogP contribution in [0.15, 0.2) is 66.9 Å². The maximum atomic E-state index is 14.2. The van der Waals surface area contributed by atoms with Gasteiger partial charge in [0.1, 0.15) is 6.04 Å². The third-order valence-electron chi connectivity index (χ3n) is 6.62. The van der Waals surface area contributed by atoms with Crippen molar-refractivity contribution < 1.29 is 29.4 Å². The molecule has 9 heteroatoms. The zero-order valence-corrected chi connectivity index (χ0v) is 21.4. The van der Waals surface area contributed by atoms with E-state index >= 15 is 0 Å². The van der Waals surface area contributed by atoms with Crippen molar-refractivity contribution in [2.45, 2.75) is 58.7 Å². The first-order chi connectivity index (χ1) is 17.6. The van der Waals surface area contributed by atoms with Gasteiger partial charge in [0, 0.05) is 25.6 Å². The van der Waals surface area contributed by atoms with Crippen molar-refractivity contribution in [1.82, 2.24) is 14.9 Å². The Hall–Kier alpha value is -3.98. The minimum absolute atomic E-state index is 0.0237. The topological polar surface area (TPSA) is 118 Å². The standard InChI is InChI=1S/C28H33N3O6/c1-5-18(2)25-27(35)31(24(17-29(25)19(3)32)22-14-10-7-11-15-22)30(20(4)33)23(26(34)28(36)37)16-21-12-8-6-9-13-21/h6-15,17-18,23,25-26,34H,5,16H2,1-4H3,(H,36,37)/t18?,23-,25?,26?/m0/s1. The summed E-state index contributed by atoms with van der Waals surface area (Å²) in [7, 11) is 0. The van der Waals surface area contributed by atoms with Crippen LogP contribution in [0.1, 0.15) is 45.2 Å². The molecule has 0 bridgehead atoms. The smallest absolute Gasteiger partial charge is 0.334 e. The van der Waals surface area contributed by atoms with Gasteiger partial charge in [-0.05, 0) is 17.9 Å². The molecule has 1 heterocycles. The van der Waals surface area contributed by atoms with Crippen molar-refractivity contribution in [3.05, 3.63) is 78.0 Å². The molecule has 196 valence electrons. The van der Waals surface area contributed by atoms with E-state index in [0.717, 1.165) is 10.0 Å². The predicted molar refractivity (Wildman–Crippen MR) is 137 cm³/mol. The van der Waals surface area contributed by atoms with Crippen LogP contribution in [0, 0.1) is 5.92 Å². The van der Waals surface area contributed by atoms with Crippen LogP contribution in [-0.2, 0) is 25.6 Å². The van der Waals surface area contributed by atoms with Gasteiger partial charge in [-0.1, -0.05) is 80.9 Å². The molecule has 0 radical (unpaired) electrons. The fourth-order valence-electron chi connectivity index (χ4n) is 4.56. The average molecular weight is 508 g/mol. The third kappa shape index (κ3) is 5.89. The molecule has 3 amide bonds. The largest absolute Gasteiger partial charge is 0.479 e. The molecule has 3 unspecified atom stereocenters. The molecule has 2 aromatic rings. The summed E-state index contributed by atoms with van der Waals surface area (Å²) in [4.78, 5) is 53.4. The lowest BCUT2D eigenvalue weighted by molar-refractivity contribution is -0.175. The van der Waals surface area contributed by atoms with Crippen molar-refractivity contribution in [3.63, 3.8) is 0 Å². The van der Waals surface area contributed by atoms with Gasteiger partial charge in [0.05, 0.1) is 11.7 Å². The number of aliphatic hydroxyl groups is 1. The summed E-state index contributed by atoms with van der Waals surface area (Å²) in [5, 5.41) is 22.7. The number of hydrazine groups is 1. The highest BCUT2D eigenvalue weighted by Crippen LogP contribution is 2.34. The van der Waals surface area contributed by atoms with Gasteiger partial charge >= 0.3 is 5.97 Å². The molecule has 0 saturated heterocycles. The lowest BCUT2D eigenvalue weighted by Crippen LogP contribution is -2.64. The Balaban J connectivity index is 2.26. The third-order valence-corrected chi connectivity index (χ3v) is 6.62. The molecule has 0 aromatic heterocycles. The number of hydrogen-bond acceptors (Lipinski definition) is 5. The molecular weight excluding hydrogens is 474 g/mol. The Morgan fingerprint density at radius 1 is 1.00 bits per heavy atom. The summed E-state index contributed by atoms with van der Waals surface area (Å²) < 4.78 is 0. The van der Waals surface area contributed by atoms with Gasteiger partial charge in [0.25, 0.3) is 5.91 Å². The molecule has 0 fully saturated rings. The second-order valence-electron chi connectivity index (χ2n) is 9.19. The molecule has 0 aliphatic carbocycles. The van der Waals surface area contributed by atoms with Crippen LogP contribution < -0.4 is 0 Å². The number of carbonyl (C=O) groups excluding carboxylic acids is 3. The molecule has 1 aliphatic heterocycles. The highest BCUT2D eigenvalue weighted by molar-refractivity contribution is 5.98. The first-order valence-corrected chi connectivity index (χ1v) is 12.2. The molecule has 3 rings (SSSR count). The minimum Gasteiger partial charge on any atom is -0.479 e. The van der Waals surface area contributed by atoms with Crippen molar-refractivity contribution >= 4 is 29.4 Å². The van der Waals surface area contributed by atoms with Crippen LogP contribution in [0.25, 0.3) is 5.70 Å². The number of amides is 3. The van der Waals surface area contributed by atoms with Gasteiger partial charge in [0.15, 0.2) is 6.10 Å². The van der Waals surface area contributed by atoms with Crippen LogP contribution in [-0.4, -0.2) is 67.0 Å². The van der Waals surface area contributed by atoms with Crippen LogP contribution in [0.3, 0.4) is 0 Å². The SMILES string of the molecule is CCC(C)C1C(=O)N(N(C(C)=O)[C@@H](Cc2ccccc2)C(O)C(=O)O)C(c2ccccc2)=CN1C(C)=O. The summed E-state index contributed by atoms with van der Waals surface area (Å²) in [6, 6.07) is 15.4. The number of hydrogen-bond donors (Lipinski definition) is 2. The Labute approximate surface area is 216 Å². The fourth-order valence-corrected chi connectivity index (χ4v) is 4.56. The summed E-state index contributed by atoms with van der Waals surface area (Å²) in [5.41, 5.74) is 1.45. The number of carboxylic acid groups (broad SMARTS) is 1. The monoisotopic (exact) mass is 507 g/mol. The number of benzene rings is 2. The first kappa shape index (κ1) is 27.6. The van der Waals surface area contributed by atoms with Gasteiger partial charge in [-0.3, -0.25) is 14.4 Å². The van der Waals surface area contributed by atoms with E-state index in [1.54, 1.807) is 60.7 Å². The molecule has 0 saturated carbocycles. The predicted octanol–water partition coefficient (Wildman–Crippen LogP) is 2.91. The van der Waals surface area contributed by atoms with Crippen molar-refractivity contribution in [1.29, 1.82) is 0 Å². The maximum Gasteiger partial charge on any atom is 0.334 e. The molecule has 0 spiro atoms. The van der Waals surface area contributed by atoms with Crippen molar-refractivity contribution in [3.8, 4) is 0 Å². The summed E-state index contributed by atoms with van der Waals surface area (Å²) >= 11 is 0. The van der Waals surface area contributed by atoms with E-state index in [-0.39, 0.29) is 23.9 Å². The van der Waals surface area contributed by atoms with Gasteiger partial charge < -0.3 is 15.1 Å². The second-order valence-corrected chi connectivity index (χ2v) is 9.19. The Morgan fingerprint density at radius 2 is 1.57 bits per heavy atom. The summed E-state index contributed by atoms with van der Waals surface area (Å²) in [6.45, 7) is 6.32. The average Bonchev–Trinajstić information content (AvgIpc) is 2.88. The summed E-state index contributed by atoms with van der Waals surface area (Å²) in [5.74, 6) is -3.32. The summed E-state index contributed by atoms with van der Waals surface area (Å²) in [6.07, 6.45) is 0.0954. The molecular formula is C28H33N3O6. The molecule has 2 aromatic carbocycles. The lowest BCUT2D eigenvalue weighted by atomic mass is 9.93. The van der Waals surface area contributed by atoms with Gasteiger partial charge in [-0.15, -0.1) is 0 Å². The van der Waals surface area contributed by atoms with E-state index in [1.165, 1.54) is 24.9 Å². The van der Waals surface area contributed by atoms with Crippen molar-refractivity contribution in [2.24, 2.45) is 5.92 Å². The van der Waals surface area contributed by atoms with E-state index in [9.17, 15) is 29.4 Å². The van der Waals surface area contributed by atoms with E-state index in [0.29, 0.717) is 17.5 Å². The molecule has 9 nitrogen and oxygen atoms in total. The second kappa shape index (κ2) is 11.8. The lowest BCUT2D eigenvalue weighted by Gasteiger charge is -2.47. The zero-order chi connectivity index (χ0) is 27.3. The maximum absolute atomic E-state index is 14.2. The Morgan fingerprint density at radius 3 is 2.05 bits per heavy atom. The van der Waals surface area contributed by atoms with E-state index in [2.05, 4.69) is 0 Å².